The van der Waals surface area contributed by atoms with Crippen LogP contribution < -0.4 is 0 Å². The van der Waals surface area contributed by atoms with Gasteiger partial charge in [-0.1, -0.05) is 38.0 Å². The van der Waals surface area contributed by atoms with Crippen LogP contribution in [0.25, 0.3) is 5.69 Å². The fourth-order valence-corrected chi connectivity index (χ4v) is 3.79. The van der Waals surface area contributed by atoms with E-state index in [0.29, 0.717) is 0 Å². The summed E-state index contributed by atoms with van der Waals surface area (Å²) in [7, 11) is 0. The highest BCUT2D eigenvalue weighted by atomic mass is 16.3. The number of hydrogen-bond donors (Lipinski definition) is 1. The maximum atomic E-state index is 10.7. The van der Waals surface area contributed by atoms with Crippen molar-refractivity contribution in [3.8, 4) is 5.69 Å². The average Bonchev–Trinajstić information content (AvgIpc) is 3.07. The van der Waals surface area contributed by atoms with E-state index in [4.69, 9.17) is 0 Å². The van der Waals surface area contributed by atoms with Crippen LogP contribution in [-0.2, 0) is 6.42 Å². The lowest BCUT2D eigenvalue weighted by atomic mass is 10.0. The van der Waals surface area contributed by atoms with E-state index in [9.17, 15) is 5.11 Å². The fourth-order valence-electron chi connectivity index (χ4n) is 3.79. The first-order valence-electron chi connectivity index (χ1n) is 9.82. The molecule has 0 amide bonds. The van der Waals surface area contributed by atoms with E-state index >= 15 is 0 Å². The predicted octanol–water partition coefficient (Wildman–Crippen LogP) is 4.12. The van der Waals surface area contributed by atoms with Gasteiger partial charge in [-0.25, -0.2) is 4.68 Å². The quantitative estimate of drug-likeness (QED) is 0.785. The van der Waals surface area contributed by atoms with Crippen molar-refractivity contribution in [1.82, 2.24) is 14.7 Å². The maximum Gasteiger partial charge on any atom is 0.0824 e. The van der Waals surface area contributed by atoms with E-state index in [-0.39, 0.29) is 0 Å². The molecule has 0 saturated carbocycles. The van der Waals surface area contributed by atoms with Crippen LogP contribution in [0.2, 0.25) is 0 Å². The van der Waals surface area contributed by atoms with Crippen LogP contribution >= 0.6 is 0 Å². The van der Waals surface area contributed by atoms with E-state index in [0.717, 1.165) is 49.2 Å². The van der Waals surface area contributed by atoms with Crippen molar-refractivity contribution >= 4 is 0 Å². The minimum Gasteiger partial charge on any atom is -0.388 e. The summed E-state index contributed by atoms with van der Waals surface area (Å²) in [6.45, 7) is 5.73. The average molecular weight is 341 g/mol. The van der Waals surface area contributed by atoms with E-state index in [1.807, 2.05) is 29.1 Å². The molecule has 136 valence electrons. The third kappa shape index (κ3) is 4.71. The summed E-state index contributed by atoms with van der Waals surface area (Å²) in [4.78, 5) is 2.54. The fraction of sp³-hybridized carbons (Fsp3) is 0.571. The Morgan fingerprint density at radius 1 is 1.12 bits per heavy atom. The smallest absolute Gasteiger partial charge is 0.0824 e. The standard InChI is InChI=1S/C21H31N3O/c1-2-10-20-19(17-22-24(20)18-11-5-3-6-12-18)21(25)13-9-16-23-14-7-4-8-15-23/h3,5-6,11-12,17,21,25H,2,4,7-10,13-16H2,1H3. The summed E-state index contributed by atoms with van der Waals surface area (Å²) in [6.07, 6.45) is 9.32. The second-order valence-corrected chi connectivity index (χ2v) is 7.10. The highest BCUT2D eigenvalue weighted by molar-refractivity contribution is 5.35. The number of likely N-dealkylation sites (tertiary alicyclic amines) is 1. The highest BCUT2D eigenvalue weighted by Gasteiger charge is 2.19. The molecule has 1 aromatic carbocycles. The van der Waals surface area contributed by atoms with Gasteiger partial charge in [-0.15, -0.1) is 0 Å². The Hall–Kier alpha value is -1.65. The van der Waals surface area contributed by atoms with Gasteiger partial charge in [0.1, 0.15) is 0 Å². The largest absolute Gasteiger partial charge is 0.388 e. The first kappa shape index (κ1) is 18.2. The van der Waals surface area contributed by atoms with Gasteiger partial charge in [0.2, 0.25) is 0 Å². The molecule has 0 radical (unpaired) electrons. The predicted molar refractivity (Wildman–Crippen MR) is 102 cm³/mol. The lowest BCUT2D eigenvalue weighted by molar-refractivity contribution is 0.150. The summed E-state index contributed by atoms with van der Waals surface area (Å²) in [5.41, 5.74) is 3.22. The normalized spacial score (nSPS) is 16.9. The third-order valence-electron chi connectivity index (χ3n) is 5.15. The number of aliphatic hydroxyl groups excluding tert-OH is 1. The molecule has 1 aromatic heterocycles. The van der Waals surface area contributed by atoms with Gasteiger partial charge < -0.3 is 10.0 Å². The SMILES string of the molecule is CCCc1c(C(O)CCCN2CCCCC2)cnn1-c1ccccc1. The topological polar surface area (TPSA) is 41.3 Å². The van der Waals surface area contributed by atoms with Gasteiger partial charge in [-0.2, -0.15) is 5.10 Å². The first-order chi connectivity index (χ1) is 12.3. The minimum atomic E-state index is -0.413. The van der Waals surface area contributed by atoms with Crippen molar-refractivity contribution in [2.45, 2.75) is 58.0 Å². The monoisotopic (exact) mass is 341 g/mol. The zero-order chi connectivity index (χ0) is 17.5. The highest BCUT2D eigenvalue weighted by Crippen LogP contribution is 2.26. The molecule has 1 aliphatic heterocycles. The molecule has 4 heteroatoms. The lowest BCUT2D eigenvalue weighted by Crippen LogP contribution is -2.30. The van der Waals surface area contributed by atoms with Crippen LogP contribution in [0.1, 0.15) is 62.8 Å². The van der Waals surface area contributed by atoms with Crippen LogP contribution in [0, 0.1) is 0 Å². The van der Waals surface area contributed by atoms with Crippen LogP contribution in [0.5, 0.6) is 0 Å². The number of para-hydroxylation sites is 1. The van der Waals surface area contributed by atoms with Crippen LogP contribution in [0.3, 0.4) is 0 Å². The molecule has 1 N–H and O–H groups in total. The molecule has 0 aliphatic carbocycles. The number of hydrogen-bond acceptors (Lipinski definition) is 3. The van der Waals surface area contributed by atoms with Crippen LogP contribution in [-0.4, -0.2) is 39.4 Å². The first-order valence-corrected chi connectivity index (χ1v) is 9.82. The molecule has 25 heavy (non-hydrogen) atoms. The molecule has 4 nitrogen and oxygen atoms in total. The maximum absolute atomic E-state index is 10.7. The summed E-state index contributed by atoms with van der Waals surface area (Å²) >= 11 is 0. The molecule has 0 bridgehead atoms. The molecule has 3 rings (SSSR count). The molecule has 1 fully saturated rings. The van der Waals surface area contributed by atoms with Gasteiger partial charge in [-0.3, -0.25) is 0 Å². The lowest BCUT2D eigenvalue weighted by Gasteiger charge is -2.26. The summed E-state index contributed by atoms with van der Waals surface area (Å²) < 4.78 is 1.99. The van der Waals surface area contributed by atoms with Gasteiger partial charge in [0.25, 0.3) is 0 Å². The zero-order valence-corrected chi connectivity index (χ0v) is 15.4. The molecule has 2 aromatic rings. The van der Waals surface area contributed by atoms with Gasteiger partial charge in [-0.05, 0) is 63.9 Å². The number of piperidine rings is 1. The molecular weight excluding hydrogens is 310 g/mol. The summed E-state index contributed by atoms with van der Waals surface area (Å²) in [5, 5.41) is 15.3. The Bertz CT molecular complexity index is 632. The molecule has 0 spiro atoms. The van der Waals surface area contributed by atoms with Crippen molar-refractivity contribution in [2.24, 2.45) is 0 Å². The molecule has 1 atom stereocenters. The van der Waals surface area contributed by atoms with E-state index in [1.54, 1.807) is 0 Å². The van der Waals surface area contributed by atoms with E-state index in [1.165, 1.54) is 32.4 Å². The molecular formula is C21H31N3O. The summed E-state index contributed by atoms with van der Waals surface area (Å²) in [5.74, 6) is 0. The second kappa shape index (κ2) is 9.16. The van der Waals surface area contributed by atoms with Crippen molar-refractivity contribution < 1.29 is 5.11 Å². The number of aliphatic hydroxyl groups is 1. The van der Waals surface area contributed by atoms with Gasteiger partial charge in [0, 0.05) is 5.56 Å². The number of rotatable bonds is 8. The van der Waals surface area contributed by atoms with Gasteiger partial charge >= 0.3 is 0 Å². The molecule has 1 aliphatic rings. The van der Waals surface area contributed by atoms with E-state index in [2.05, 4.69) is 29.1 Å². The number of aromatic nitrogens is 2. The van der Waals surface area contributed by atoms with Gasteiger partial charge in [0.15, 0.2) is 0 Å². The van der Waals surface area contributed by atoms with Crippen molar-refractivity contribution in [1.29, 1.82) is 0 Å². The number of benzene rings is 1. The molecule has 1 unspecified atom stereocenters. The third-order valence-corrected chi connectivity index (χ3v) is 5.15. The van der Waals surface area contributed by atoms with Crippen molar-refractivity contribution in [3.05, 3.63) is 47.8 Å². The zero-order valence-electron chi connectivity index (χ0n) is 15.4. The Labute approximate surface area is 151 Å². The molecule has 2 heterocycles. The Balaban J connectivity index is 1.65. The number of nitrogens with zero attached hydrogens (tertiary/aromatic N) is 3. The van der Waals surface area contributed by atoms with Crippen molar-refractivity contribution in [3.63, 3.8) is 0 Å². The van der Waals surface area contributed by atoms with Gasteiger partial charge in [0.05, 0.1) is 23.7 Å². The van der Waals surface area contributed by atoms with Crippen LogP contribution in [0.4, 0.5) is 0 Å². The molecule has 1 saturated heterocycles. The van der Waals surface area contributed by atoms with E-state index < -0.39 is 6.10 Å². The minimum absolute atomic E-state index is 0.413. The Kier molecular flexibility index (Phi) is 6.65. The second-order valence-electron chi connectivity index (χ2n) is 7.10. The Morgan fingerprint density at radius 3 is 2.60 bits per heavy atom. The van der Waals surface area contributed by atoms with Crippen LogP contribution in [0.15, 0.2) is 36.5 Å². The van der Waals surface area contributed by atoms with Crippen molar-refractivity contribution in [2.75, 3.05) is 19.6 Å². The summed E-state index contributed by atoms with van der Waals surface area (Å²) in [6, 6.07) is 10.2. The Morgan fingerprint density at radius 2 is 1.88 bits per heavy atom.